The first kappa shape index (κ1) is 18.4. The zero-order chi connectivity index (χ0) is 18.4. The Morgan fingerprint density at radius 2 is 1.56 bits per heavy atom. The quantitative estimate of drug-likeness (QED) is 0.649. The summed E-state index contributed by atoms with van der Waals surface area (Å²) >= 11 is 0. The van der Waals surface area contributed by atoms with E-state index in [9.17, 15) is 14.4 Å². The van der Waals surface area contributed by atoms with E-state index in [0.717, 1.165) is 16.7 Å². The van der Waals surface area contributed by atoms with Gasteiger partial charge in [0, 0.05) is 11.1 Å². The van der Waals surface area contributed by atoms with Crippen molar-refractivity contribution in [2.75, 3.05) is 13.2 Å². The van der Waals surface area contributed by atoms with Crippen LogP contribution in [0.15, 0.2) is 42.5 Å². The highest BCUT2D eigenvalue weighted by atomic mass is 16.5. The molecular weight excluding hydrogens is 318 g/mol. The Bertz CT molecular complexity index is 794. The van der Waals surface area contributed by atoms with E-state index in [1.165, 1.54) is 0 Å². The number of benzene rings is 2. The van der Waals surface area contributed by atoms with Gasteiger partial charge in [0.1, 0.15) is 6.54 Å². The van der Waals surface area contributed by atoms with Crippen molar-refractivity contribution in [2.24, 2.45) is 0 Å². The lowest BCUT2D eigenvalue weighted by atomic mass is 10.0. The van der Waals surface area contributed by atoms with Crippen molar-refractivity contribution in [1.29, 1.82) is 0 Å². The molecule has 1 amide bonds. The largest absolute Gasteiger partial charge is 0.456 e. The number of carbonyl (C=O) groups is 3. The summed E-state index contributed by atoms with van der Waals surface area (Å²) in [6.45, 7) is 5.02. The van der Waals surface area contributed by atoms with Gasteiger partial charge in [0.05, 0.1) is 0 Å². The summed E-state index contributed by atoms with van der Waals surface area (Å²) in [5.74, 6) is -1.28. The van der Waals surface area contributed by atoms with Crippen molar-refractivity contribution in [2.45, 2.75) is 20.8 Å². The SMILES string of the molecule is Cc1ccc(C(=O)NCC(=O)OCC(=O)c2cc(C)ccc2C)cc1. The number of esters is 1. The summed E-state index contributed by atoms with van der Waals surface area (Å²) in [4.78, 5) is 35.8. The molecule has 2 aromatic carbocycles. The fourth-order valence-corrected chi connectivity index (χ4v) is 2.27. The number of amides is 1. The minimum absolute atomic E-state index is 0.264. The molecule has 0 spiro atoms. The highest BCUT2D eigenvalue weighted by Gasteiger charge is 2.13. The van der Waals surface area contributed by atoms with E-state index in [4.69, 9.17) is 4.74 Å². The molecule has 0 aliphatic rings. The number of ketones is 1. The molecule has 0 aliphatic heterocycles. The maximum Gasteiger partial charge on any atom is 0.325 e. The van der Waals surface area contributed by atoms with Crippen LogP contribution in [0.5, 0.6) is 0 Å². The molecule has 1 N–H and O–H groups in total. The van der Waals surface area contributed by atoms with E-state index in [2.05, 4.69) is 5.32 Å². The van der Waals surface area contributed by atoms with Gasteiger partial charge in [-0.1, -0.05) is 35.4 Å². The summed E-state index contributed by atoms with van der Waals surface area (Å²) < 4.78 is 4.96. The van der Waals surface area contributed by atoms with Crippen LogP contribution in [0.25, 0.3) is 0 Å². The summed E-state index contributed by atoms with van der Waals surface area (Å²) in [5, 5.41) is 2.48. The molecule has 0 fully saturated rings. The Kier molecular flexibility index (Phi) is 6.06. The van der Waals surface area contributed by atoms with E-state index < -0.39 is 5.97 Å². The van der Waals surface area contributed by atoms with Crippen LogP contribution in [-0.4, -0.2) is 30.8 Å². The standard InChI is InChI=1S/C20H21NO4/c1-13-5-8-16(9-6-13)20(24)21-11-19(23)25-12-18(22)17-10-14(2)4-7-15(17)3/h4-10H,11-12H2,1-3H3,(H,21,24). The molecule has 5 nitrogen and oxygen atoms in total. The number of aryl methyl sites for hydroxylation is 3. The third-order valence-corrected chi connectivity index (χ3v) is 3.76. The number of ether oxygens (including phenoxy) is 1. The van der Waals surface area contributed by atoms with Crippen LogP contribution in [0.4, 0.5) is 0 Å². The molecule has 0 bridgehead atoms. The molecule has 0 saturated carbocycles. The average Bonchev–Trinajstić information content (AvgIpc) is 2.60. The molecular formula is C20H21NO4. The molecule has 0 saturated heterocycles. The van der Waals surface area contributed by atoms with Gasteiger partial charge in [0.25, 0.3) is 5.91 Å². The predicted octanol–water partition coefficient (Wildman–Crippen LogP) is 2.77. The van der Waals surface area contributed by atoms with Crippen molar-refractivity contribution in [3.05, 3.63) is 70.3 Å². The van der Waals surface area contributed by atoms with Crippen molar-refractivity contribution in [1.82, 2.24) is 5.32 Å². The molecule has 5 heteroatoms. The molecule has 0 aliphatic carbocycles. The molecule has 0 unspecified atom stereocenters. The van der Waals surface area contributed by atoms with Crippen molar-refractivity contribution in [3.8, 4) is 0 Å². The summed E-state index contributed by atoms with van der Waals surface area (Å²) in [7, 11) is 0. The second-order valence-electron chi connectivity index (χ2n) is 5.95. The maximum absolute atomic E-state index is 12.1. The van der Waals surface area contributed by atoms with E-state index in [1.54, 1.807) is 18.2 Å². The van der Waals surface area contributed by atoms with Crippen LogP contribution in [0.2, 0.25) is 0 Å². The lowest BCUT2D eigenvalue weighted by molar-refractivity contribution is -0.141. The summed E-state index contributed by atoms with van der Waals surface area (Å²) in [5.41, 5.74) is 3.84. The number of carbonyl (C=O) groups excluding carboxylic acids is 3. The topological polar surface area (TPSA) is 72.5 Å². The third kappa shape index (κ3) is 5.28. The van der Waals surface area contributed by atoms with Crippen LogP contribution in [-0.2, 0) is 9.53 Å². The van der Waals surface area contributed by atoms with Crippen LogP contribution in [0, 0.1) is 20.8 Å². The van der Waals surface area contributed by atoms with Gasteiger partial charge in [-0.25, -0.2) is 0 Å². The second kappa shape index (κ2) is 8.24. The van der Waals surface area contributed by atoms with Gasteiger partial charge >= 0.3 is 5.97 Å². The monoisotopic (exact) mass is 339 g/mol. The minimum Gasteiger partial charge on any atom is -0.456 e. The van der Waals surface area contributed by atoms with E-state index in [1.807, 2.05) is 45.0 Å². The summed E-state index contributed by atoms with van der Waals surface area (Å²) in [6.07, 6.45) is 0. The normalized spacial score (nSPS) is 10.2. The molecule has 0 atom stereocenters. The van der Waals surface area contributed by atoms with Gasteiger partial charge in [-0.05, 0) is 44.5 Å². The first-order chi connectivity index (χ1) is 11.9. The lowest BCUT2D eigenvalue weighted by Gasteiger charge is -2.08. The van der Waals surface area contributed by atoms with Crippen molar-refractivity contribution in [3.63, 3.8) is 0 Å². The van der Waals surface area contributed by atoms with Crippen LogP contribution < -0.4 is 5.32 Å². The number of nitrogens with one attached hydrogen (secondary N) is 1. The smallest absolute Gasteiger partial charge is 0.325 e. The first-order valence-electron chi connectivity index (χ1n) is 7.98. The fraction of sp³-hybridized carbons (Fsp3) is 0.250. The van der Waals surface area contributed by atoms with Gasteiger partial charge in [-0.15, -0.1) is 0 Å². The number of Topliss-reactive ketones (excluding diaryl/α,β-unsaturated/α-hetero) is 1. The van der Waals surface area contributed by atoms with Crippen LogP contribution in [0.1, 0.15) is 37.4 Å². The molecule has 2 aromatic rings. The minimum atomic E-state index is -0.654. The molecule has 0 aromatic heterocycles. The Morgan fingerprint density at radius 3 is 2.24 bits per heavy atom. The number of hydrogen-bond acceptors (Lipinski definition) is 4. The van der Waals surface area contributed by atoms with Crippen LogP contribution >= 0.6 is 0 Å². The van der Waals surface area contributed by atoms with Gasteiger partial charge in [0.2, 0.25) is 5.78 Å². The van der Waals surface area contributed by atoms with Gasteiger partial charge in [-0.2, -0.15) is 0 Å². The zero-order valence-corrected chi connectivity index (χ0v) is 14.6. The maximum atomic E-state index is 12.1. The van der Waals surface area contributed by atoms with E-state index in [0.29, 0.717) is 11.1 Å². The molecule has 0 radical (unpaired) electrons. The van der Waals surface area contributed by atoms with Crippen LogP contribution in [0.3, 0.4) is 0 Å². The highest BCUT2D eigenvalue weighted by molar-refractivity contribution is 6.00. The molecule has 0 heterocycles. The Balaban J connectivity index is 1.82. The van der Waals surface area contributed by atoms with Crippen molar-refractivity contribution >= 4 is 17.7 Å². The number of hydrogen-bond donors (Lipinski definition) is 1. The molecule has 130 valence electrons. The molecule has 25 heavy (non-hydrogen) atoms. The third-order valence-electron chi connectivity index (χ3n) is 3.76. The number of rotatable bonds is 6. The predicted molar refractivity (Wildman–Crippen MR) is 94.7 cm³/mol. The van der Waals surface area contributed by atoms with Gasteiger partial charge in [-0.3, -0.25) is 14.4 Å². The van der Waals surface area contributed by atoms with E-state index >= 15 is 0 Å². The zero-order valence-electron chi connectivity index (χ0n) is 14.6. The Hall–Kier alpha value is -2.95. The average molecular weight is 339 g/mol. The Morgan fingerprint density at radius 1 is 0.920 bits per heavy atom. The Labute approximate surface area is 147 Å². The van der Waals surface area contributed by atoms with E-state index in [-0.39, 0.29) is 24.8 Å². The first-order valence-corrected chi connectivity index (χ1v) is 7.98. The van der Waals surface area contributed by atoms with Crippen molar-refractivity contribution < 1.29 is 19.1 Å². The lowest BCUT2D eigenvalue weighted by Crippen LogP contribution is -2.31. The second-order valence-corrected chi connectivity index (χ2v) is 5.95. The highest BCUT2D eigenvalue weighted by Crippen LogP contribution is 2.11. The summed E-state index contributed by atoms with van der Waals surface area (Å²) in [6, 6.07) is 12.5. The fourth-order valence-electron chi connectivity index (χ4n) is 2.27. The van der Waals surface area contributed by atoms with Gasteiger partial charge < -0.3 is 10.1 Å². The molecule has 2 rings (SSSR count). The van der Waals surface area contributed by atoms with Gasteiger partial charge in [0.15, 0.2) is 6.61 Å².